The number of nitrogens with two attached hydrogens (primary N) is 2. The number of thioether (sulfide) groups is 1. The number of carbonyl (C=O) groups is 1. The summed E-state index contributed by atoms with van der Waals surface area (Å²) in [6.07, 6.45) is 0. The lowest BCUT2D eigenvalue weighted by molar-refractivity contribution is -0.139. The molecule has 1 unspecified atom stereocenters. The van der Waals surface area contributed by atoms with E-state index in [1.165, 1.54) is 5.06 Å². The topological polar surface area (TPSA) is 119 Å². The highest BCUT2D eigenvalue weighted by Gasteiger charge is 2.33. The molecule has 32 heavy (non-hydrogen) atoms. The van der Waals surface area contributed by atoms with Crippen molar-refractivity contribution in [2.75, 3.05) is 10.8 Å². The van der Waals surface area contributed by atoms with Gasteiger partial charge in [0.1, 0.15) is 10.8 Å². The summed E-state index contributed by atoms with van der Waals surface area (Å²) in [7, 11) is 0. The summed E-state index contributed by atoms with van der Waals surface area (Å²) in [4.78, 5) is 30.6. The number of para-hydroxylation sites is 1. The second-order valence-electron chi connectivity index (χ2n) is 6.80. The third-order valence-corrected chi connectivity index (χ3v) is 5.71. The van der Waals surface area contributed by atoms with Gasteiger partial charge < -0.3 is 16.6 Å². The summed E-state index contributed by atoms with van der Waals surface area (Å²) in [5.41, 5.74) is 14.3. The first-order valence-corrected chi connectivity index (χ1v) is 10.6. The molecule has 0 bridgehead atoms. The Bertz CT molecular complexity index is 1100. The van der Waals surface area contributed by atoms with Gasteiger partial charge in [-0.05, 0) is 35.4 Å². The monoisotopic (exact) mass is 449 g/mol. The van der Waals surface area contributed by atoms with Crippen LogP contribution in [0.2, 0.25) is 0 Å². The lowest BCUT2D eigenvalue weighted by atomic mass is 10.2. The Morgan fingerprint density at radius 1 is 1.00 bits per heavy atom. The summed E-state index contributed by atoms with van der Waals surface area (Å²) in [6, 6.07) is 21.7. The fourth-order valence-electron chi connectivity index (χ4n) is 2.94. The molecule has 0 saturated carbocycles. The van der Waals surface area contributed by atoms with Crippen LogP contribution in [0.4, 0.5) is 11.4 Å². The number of hydroxylamine groups is 1. The average Bonchev–Trinajstić information content (AvgIpc) is 2.82. The number of hydrogen-bond acceptors (Lipinski definition) is 7. The molecule has 0 saturated heterocycles. The smallest absolute Gasteiger partial charge is 0.334 e. The van der Waals surface area contributed by atoms with Crippen LogP contribution in [-0.2, 0) is 27.6 Å². The van der Waals surface area contributed by atoms with Crippen LogP contribution in [0.1, 0.15) is 11.1 Å². The van der Waals surface area contributed by atoms with Crippen LogP contribution in [0, 0.1) is 0 Å². The second-order valence-corrected chi connectivity index (χ2v) is 7.89. The predicted octanol–water partition coefficient (Wildman–Crippen LogP) is 3.63. The molecule has 5 N–H and O–H groups in total. The van der Waals surface area contributed by atoms with Gasteiger partial charge in [0.15, 0.2) is 6.04 Å². The van der Waals surface area contributed by atoms with E-state index in [0.29, 0.717) is 22.8 Å². The van der Waals surface area contributed by atoms with Gasteiger partial charge in [-0.3, -0.25) is 4.84 Å². The Morgan fingerprint density at radius 3 is 2.25 bits per heavy atom. The van der Waals surface area contributed by atoms with Crippen molar-refractivity contribution in [3.05, 3.63) is 94.9 Å². The van der Waals surface area contributed by atoms with E-state index in [-0.39, 0.29) is 11.5 Å². The molecule has 1 atom stereocenters. The molecule has 0 aliphatic heterocycles. The molecule has 0 spiro atoms. The molecule has 0 fully saturated rings. The summed E-state index contributed by atoms with van der Waals surface area (Å²) in [5.74, 6) is 0.519. The molecule has 3 aromatic carbocycles. The van der Waals surface area contributed by atoms with Crippen LogP contribution in [-0.4, -0.2) is 23.1 Å². The van der Waals surface area contributed by atoms with E-state index < -0.39 is 12.0 Å². The fourth-order valence-corrected chi connectivity index (χ4v) is 3.86. The molecular weight excluding hydrogens is 426 g/mol. The third kappa shape index (κ3) is 5.78. The van der Waals surface area contributed by atoms with Gasteiger partial charge in [0.25, 0.3) is 0 Å². The molecule has 0 radical (unpaired) electrons. The quantitative estimate of drug-likeness (QED) is 0.186. The minimum absolute atomic E-state index is 0.0913. The summed E-state index contributed by atoms with van der Waals surface area (Å²) in [5, 5.41) is 11.3. The normalized spacial score (nSPS) is 11.4. The maximum absolute atomic E-state index is 12.3. The Labute approximate surface area is 190 Å². The van der Waals surface area contributed by atoms with Crippen LogP contribution in [0.3, 0.4) is 0 Å². The molecule has 3 rings (SSSR count). The molecule has 0 amide bonds. The van der Waals surface area contributed by atoms with Gasteiger partial charge in [0, 0.05) is 17.1 Å². The van der Waals surface area contributed by atoms with Gasteiger partial charge in [0.05, 0.1) is 12.3 Å². The largest absolute Gasteiger partial charge is 0.479 e. The second kappa shape index (κ2) is 11.2. The number of carboxylic acids is 1. The maximum atomic E-state index is 12.3. The van der Waals surface area contributed by atoms with Crippen LogP contribution in [0.25, 0.3) is 0 Å². The van der Waals surface area contributed by atoms with Gasteiger partial charge in [-0.25, -0.2) is 14.7 Å². The summed E-state index contributed by atoms with van der Waals surface area (Å²) >= 11 is 0.950. The van der Waals surface area contributed by atoms with E-state index in [9.17, 15) is 14.7 Å². The highest BCUT2D eigenvalue weighted by molar-refractivity contribution is 8.03. The van der Waals surface area contributed by atoms with Gasteiger partial charge in [-0.2, -0.15) is 0 Å². The number of hydrogen-bond donors (Lipinski definition) is 3. The van der Waals surface area contributed by atoms with Crippen LogP contribution in [0.5, 0.6) is 0 Å². The van der Waals surface area contributed by atoms with Crippen molar-refractivity contribution in [3.8, 4) is 0 Å². The third-order valence-electron chi connectivity index (χ3n) is 4.60. The molecular formula is C24H23N3O4S. The minimum Gasteiger partial charge on any atom is -0.479 e. The minimum atomic E-state index is -1.44. The first kappa shape index (κ1) is 23.1. The molecule has 8 heteroatoms. The Hall–Kier alpha value is -3.55. The van der Waals surface area contributed by atoms with E-state index in [1.807, 2.05) is 30.3 Å². The van der Waals surface area contributed by atoms with E-state index in [0.717, 1.165) is 22.9 Å². The van der Waals surface area contributed by atoms with Crippen molar-refractivity contribution in [2.45, 2.75) is 24.1 Å². The zero-order valence-corrected chi connectivity index (χ0v) is 18.0. The van der Waals surface area contributed by atoms with Crippen molar-refractivity contribution in [1.82, 2.24) is 0 Å². The highest BCUT2D eigenvalue weighted by Crippen LogP contribution is 2.35. The first-order valence-electron chi connectivity index (χ1n) is 9.78. The number of carboxylic acid groups (broad SMARTS) is 1. The maximum Gasteiger partial charge on any atom is 0.334 e. The fraction of sp³-hybridized carbons (Fsp3) is 0.125. The number of rotatable bonds is 10. The molecule has 3 aromatic rings. The van der Waals surface area contributed by atoms with Crippen molar-refractivity contribution < 1.29 is 19.5 Å². The van der Waals surface area contributed by atoms with Gasteiger partial charge in [-0.1, -0.05) is 66.4 Å². The van der Waals surface area contributed by atoms with Crippen LogP contribution in [0.15, 0.2) is 88.7 Å². The lowest BCUT2D eigenvalue weighted by Gasteiger charge is -2.30. The number of aliphatic carboxylic acids is 1. The molecule has 7 nitrogen and oxygen atoms in total. The van der Waals surface area contributed by atoms with Gasteiger partial charge in [0.2, 0.25) is 0 Å². The van der Waals surface area contributed by atoms with Crippen molar-refractivity contribution in [1.29, 1.82) is 0 Å². The lowest BCUT2D eigenvalue weighted by Crippen LogP contribution is -2.42. The molecule has 0 aromatic heterocycles. The Morgan fingerprint density at radius 2 is 1.66 bits per heavy atom. The van der Waals surface area contributed by atoms with Crippen molar-refractivity contribution >= 4 is 35.0 Å². The van der Waals surface area contributed by atoms with Gasteiger partial charge in [-0.15, -0.1) is 0 Å². The van der Waals surface area contributed by atoms with E-state index in [1.54, 1.807) is 54.5 Å². The van der Waals surface area contributed by atoms with Crippen molar-refractivity contribution in [2.24, 2.45) is 5.73 Å². The number of benzene rings is 3. The van der Waals surface area contributed by atoms with Crippen LogP contribution >= 0.6 is 11.8 Å². The number of carbonyl (C=O) groups excluding carboxylic acids is 1. The predicted molar refractivity (Wildman–Crippen MR) is 125 cm³/mol. The molecule has 164 valence electrons. The van der Waals surface area contributed by atoms with Gasteiger partial charge >= 0.3 is 5.97 Å². The standard InChI is InChI=1S/C24H23N3O4S/c25-14-17-10-12-19(13-11-17)27(31-16-18-6-2-1-3-7-18)23(24(29)30)22(15-28)32-21-9-5-4-8-20(21)26/h1-13,23H,14,16,25-26H2,(H,29,30). The van der Waals surface area contributed by atoms with E-state index >= 15 is 0 Å². The number of nitrogen functional groups attached to an aromatic ring is 1. The summed E-state index contributed by atoms with van der Waals surface area (Å²) < 4.78 is 0. The number of anilines is 2. The van der Waals surface area contributed by atoms with E-state index in [4.69, 9.17) is 16.3 Å². The SMILES string of the molecule is NCc1ccc(N(OCc2ccccc2)C(C(=O)O)C(=C=O)Sc2ccccc2N)cc1. The Balaban J connectivity index is 1.97. The average molecular weight is 450 g/mol. The zero-order valence-electron chi connectivity index (χ0n) is 17.2. The highest BCUT2D eigenvalue weighted by atomic mass is 32.2. The molecule has 0 aliphatic rings. The molecule has 0 aliphatic carbocycles. The van der Waals surface area contributed by atoms with Crippen LogP contribution < -0.4 is 16.5 Å². The summed E-state index contributed by atoms with van der Waals surface area (Å²) in [6.45, 7) is 0.448. The number of nitrogens with zero attached hydrogens (tertiary/aromatic N) is 1. The van der Waals surface area contributed by atoms with E-state index in [2.05, 4.69) is 0 Å². The molecule has 0 heterocycles. The zero-order chi connectivity index (χ0) is 22.9. The Kier molecular flexibility index (Phi) is 8.08. The first-order chi connectivity index (χ1) is 15.5. The van der Waals surface area contributed by atoms with Crippen molar-refractivity contribution in [3.63, 3.8) is 0 Å².